The summed E-state index contributed by atoms with van der Waals surface area (Å²) in [6, 6.07) is 2.57. The Labute approximate surface area is 128 Å². The first-order valence-corrected chi connectivity index (χ1v) is 6.80. The molecule has 0 saturated carbocycles. The minimum Gasteiger partial charge on any atom is -0.507 e. The first-order chi connectivity index (χ1) is 10.5. The van der Waals surface area contributed by atoms with Crippen molar-refractivity contribution in [3.05, 3.63) is 53.8 Å². The molecule has 1 atom stereocenters. The molecule has 0 spiro atoms. The zero-order chi connectivity index (χ0) is 16.1. The largest absolute Gasteiger partial charge is 0.507 e. The van der Waals surface area contributed by atoms with Gasteiger partial charge in [-0.15, -0.1) is 0 Å². The summed E-state index contributed by atoms with van der Waals surface area (Å²) in [5, 5.41) is 19.7. The number of allylic oxidation sites excluding steroid dienone is 5. The molecule has 0 aromatic heterocycles. The molecule has 5 nitrogen and oxygen atoms in total. The van der Waals surface area contributed by atoms with E-state index in [-0.39, 0.29) is 28.7 Å². The van der Waals surface area contributed by atoms with Crippen LogP contribution in [0.3, 0.4) is 0 Å². The van der Waals surface area contributed by atoms with Gasteiger partial charge in [0.1, 0.15) is 28.6 Å². The van der Waals surface area contributed by atoms with Crippen molar-refractivity contribution in [2.45, 2.75) is 6.42 Å². The Bertz CT molecular complexity index is 632. The lowest BCUT2D eigenvalue weighted by molar-refractivity contribution is 0.104. The molecule has 1 aromatic carbocycles. The molecule has 0 saturated heterocycles. The lowest BCUT2D eigenvalue weighted by atomic mass is 9.98. The van der Waals surface area contributed by atoms with Gasteiger partial charge in [0.2, 0.25) is 0 Å². The van der Waals surface area contributed by atoms with Gasteiger partial charge in [-0.25, -0.2) is 0 Å². The van der Waals surface area contributed by atoms with Gasteiger partial charge in [0.25, 0.3) is 0 Å². The molecule has 1 aromatic rings. The van der Waals surface area contributed by atoms with Gasteiger partial charge >= 0.3 is 0 Å². The fourth-order valence-corrected chi connectivity index (χ4v) is 2.16. The van der Waals surface area contributed by atoms with Crippen molar-refractivity contribution in [3.63, 3.8) is 0 Å². The molecule has 0 unspecified atom stereocenters. The summed E-state index contributed by atoms with van der Waals surface area (Å²) >= 11 is 0. The third-order valence-electron chi connectivity index (χ3n) is 3.38. The van der Waals surface area contributed by atoms with Gasteiger partial charge in [-0.3, -0.25) is 4.79 Å². The fraction of sp³-hybridized carbons (Fsp3) is 0.235. The van der Waals surface area contributed by atoms with E-state index in [1.165, 1.54) is 25.3 Å². The smallest absolute Gasteiger partial charge is 0.193 e. The lowest BCUT2D eigenvalue weighted by Gasteiger charge is -2.11. The molecule has 0 heterocycles. The molecule has 116 valence electrons. The first kappa shape index (κ1) is 15.7. The van der Waals surface area contributed by atoms with E-state index in [9.17, 15) is 15.0 Å². The van der Waals surface area contributed by atoms with Crippen molar-refractivity contribution in [3.8, 4) is 17.2 Å². The number of phenols is 2. The van der Waals surface area contributed by atoms with Crippen LogP contribution in [-0.2, 0) is 4.74 Å². The number of ketones is 1. The molecule has 0 fully saturated rings. The molecule has 2 N–H and O–H groups in total. The molecule has 0 aliphatic heterocycles. The molecular formula is C17H18O5. The van der Waals surface area contributed by atoms with Crippen molar-refractivity contribution in [2.75, 3.05) is 14.2 Å². The quantitative estimate of drug-likeness (QED) is 0.646. The number of aromatic hydroxyl groups is 2. The Balaban J connectivity index is 2.12. The molecule has 5 heteroatoms. The van der Waals surface area contributed by atoms with Gasteiger partial charge in [-0.05, 0) is 30.6 Å². The number of ether oxygens (including phenoxy) is 2. The van der Waals surface area contributed by atoms with Gasteiger partial charge in [0, 0.05) is 12.1 Å². The number of hydrogen-bond acceptors (Lipinski definition) is 5. The summed E-state index contributed by atoms with van der Waals surface area (Å²) in [5.41, 5.74) is -0.134. The number of phenolic OH excluding ortho intramolecular Hbond substituents is 2. The summed E-state index contributed by atoms with van der Waals surface area (Å²) in [4.78, 5) is 12.1. The van der Waals surface area contributed by atoms with Crippen LogP contribution < -0.4 is 4.74 Å². The molecule has 22 heavy (non-hydrogen) atoms. The second kappa shape index (κ2) is 6.85. The molecule has 2 rings (SSSR count). The first-order valence-electron chi connectivity index (χ1n) is 6.80. The third-order valence-corrected chi connectivity index (χ3v) is 3.38. The SMILES string of the molecule is COC1=CC[C@H](/C=C/C(=O)c2c(O)cc(OC)cc2O)C=C1. The van der Waals surface area contributed by atoms with Gasteiger partial charge in [0.05, 0.1) is 14.2 Å². The topological polar surface area (TPSA) is 76.0 Å². The molecule has 1 aliphatic carbocycles. The summed E-state index contributed by atoms with van der Waals surface area (Å²) < 4.78 is 10.0. The molecule has 0 radical (unpaired) electrons. The predicted octanol–water partition coefficient (Wildman–Crippen LogP) is 2.95. The van der Waals surface area contributed by atoms with E-state index in [0.29, 0.717) is 0 Å². The van der Waals surface area contributed by atoms with Crippen molar-refractivity contribution >= 4 is 5.78 Å². The fourth-order valence-electron chi connectivity index (χ4n) is 2.16. The average Bonchev–Trinajstić information content (AvgIpc) is 2.52. The van der Waals surface area contributed by atoms with Gasteiger partial charge < -0.3 is 19.7 Å². The van der Waals surface area contributed by atoms with Crippen molar-refractivity contribution < 1.29 is 24.5 Å². The second-order valence-electron chi connectivity index (χ2n) is 4.83. The Hall–Kier alpha value is -2.69. The van der Waals surface area contributed by atoms with Crippen LogP contribution in [0.5, 0.6) is 17.2 Å². The van der Waals surface area contributed by atoms with Crippen LogP contribution >= 0.6 is 0 Å². The number of benzene rings is 1. The maximum absolute atomic E-state index is 12.1. The van der Waals surface area contributed by atoms with Gasteiger partial charge in [-0.2, -0.15) is 0 Å². The van der Waals surface area contributed by atoms with Crippen molar-refractivity contribution in [1.82, 2.24) is 0 Å². The summed E-state index contributed by atoms with van der Waals surface area (Å²) in [6.45, 7) is 0. The molecule has 0 amide bonds. The van der Waals surface area contributed by atoms with E-state index in [2.05, 4.69) is 0 Å². The van der Waals surface area contributed by atoms with Crippen molar-refractivity contribution in [1.29, 1.82) is 0 Å². The molecule has 0 bridgehead atoms. The normalized spacial score (nSPS) is 17.4. The zero-order valence-electron chi connectivity index (χ0n) is 12.4. The highest BCUT2D eigenvalue weighted by atomic mass is 16.5. The standard InChI is InChI=1S/C17H18O5/c1-21-12-6-3-11(4-7-12)5-8-14(18)17-15(19)9-13(22-2)10-16(17)20/h3,5-11,19-20H,4H2,1-2H3/b8-5+/t11-/m1/s1. The van der Waals surface area contributed by atoms with E-state index >= 15 is 0 Å². The third kappa shape index (κ3) is 3.49. The summed E-state index contributed by atoms with van der Waals surface area (Å²) in [5.74, 6) is 0.0573. The molecule has 1 aliphatic rings. The Morgan fingerprint density at radius 3 is 2.41 bits per heavy atom. The molecular weight excluding hydrogens is 284 g/mol. The lowest BCUT2D eigenvalue weighted by Crippen LogP contribution is -2.01. The number of hydrogen-bond donors (Lipinski definition) is 2. The highest BCUT2D eigenvalue weighted by molar-refractivity contribution is 6.08. The highest BCUT2D eigenvalue weighted by Crippen LogP contribution is 2.33. The number of rotatable bonds is 5. The van der Waals surface area contributed by atoms with Crippen LogP contribution in [0.2, 0.25) is 0 Å². The Morgan fingerprint density at radius 1 is 1.23 bits per heavy atom. The summed E-state index contributed by atoms with van der Waals surface area (Å²) in [7, 11) is 3.01. The van der Waals surface area contributed by atoms with Crippen LogP contribution in [0.4, 0.5) is 0 Å². The predicted molar refractivity (Wildman–Crippen MR) is 82.1 cm³/mol. The van der Waals surface area contributed by atoms with Gasteiger partial charge in [0.15, 0.2) is 5.78 Å². The maximum atomic E-state index is 12.1. The van der Waals surface area contributed by atoms with Crippen LogP contribution in [0, 0.1) is 5.92 Å². The summed E-state index contributed by atoms with van der Waals surface area (Å²) in [6.07, 6.45) is 9.50. The van der Waals surface area contributed by atoms with Gasteiger partial charge in [-0.1, -0.05) is 12.2 Å². The van der Waals surface area contributed by atoms with Crippen LogP contribution in [0.15, 0.2) is 48.3 Å². The van der Waals surface area contributed by atoms with E-state index in [1.54, 1.807) is 13.2 Å². The Kier molecular flexibility index (Phi) is 4.88. The highest BCUT2D eigenvalue weighted by Gasteiger charge is 2.16. The number of methoxy groups -OCH3 is 2. The van der Waals surface area contributed by atoms with Crippen LogP contribution in [-0.4, -0.2) is 30.2 Å². The van der Waals surface area contributed by atoms with E-state index in [0.717, 1.165) is 12.2 Å². The zero-order valence-corrected chi connectivity index (χ0v) is 12.4. The second-order valence-corrected chi connectivity index (χ2v) is 4.83. The van der Waals surface area contributed by atoms with E-state index in [1.807, 2.05) is 18.2 Å². The van der Waals surface area contributed by atoms with E-state index in [4.69, 9.17) is 9.47 Å². The maximum Gasteiger partial charge on any atom is 0.193 e. The van der Waals surface area contributed by atoms with Crippen LogP contribution in [0.1, 0.15) is 16.8 Å². The monoisotopic (exact) mass is 302 g/mol. The van der Waals surface area contributed by atoms with Crippen LogP contribution in [0.25, 0.3) is 0 Å². The number of carbonyl (C=O) groups excluding carboxylic acids is 1. The average molecular weight is 302 g/mol. The van der Waals surface area contributed by atoms with E-state index < -0.39 is 5.78 Å². The Morgan fingerprint density at radius 2 is 1.91 bits per heavy atom. The van der Waals surface area contributed by atoms with Crippen molar-refractivity contribution in [2.24, 2.45) is 5.92 Å². The number of carbonyl (C=O) groups is 1. The minimum atomic E-state index is -0.465. The minimum absolute atomic E-state index is 0.0744.